The van der Waals surface area contributed by atoms with Crippen LogP contribution in [0.2, 0.25) is 0 Å². The Bertz CT molecular complexity index is 1280. The van der Waals surface area contributed by atoms with Crippen molar-refractivity contribution in [1.29, 1.82) is 0 Å². The SMILES string of the molecule is CCOc1ccc(N2C(=S)N(C)C(=O)C2=Cc2cc(I)c(OCc3ccccc3)c(OCC)c2)cc1. The molecule has 0 unspecified atom stereocenters. The zero-order valence-corrected chi connectivity index (χ0v) is 23.3. The molecule has 0 aromatic heterocycles. The van der Waals surface area contributed by atoms with Crippen molar-refractivity contribution in [2.45, 2.75) is 20.5 Å². The first-order valence-electron chi connectivity index (χ1n) is 11.6. The van der Waals surface area contributed by atoms with E-state index in [4.69, 9.17) is 26.4 Å². The van der Waals surface area contributed by atoms with Gasteiger partial charge in [-0.2, -0.15) is 0 Å². The maximum absolute atomic E-state index is 13.1. The molecule has 6 nitrogen and oxygen atoms in total. The maximum atomic E-state index is 13.1. The van der Waals surface area contributed by atoms with Gasteiger partial charge in [-0.05, 0) is 102 Å². The molecular formula is C28H27IN2O4S. The van der Waals surface area contributed by atoms with Crippen LogP contribution in [0.25, 0.3) is 6.08 Å². The number of thiocarbonyl (C=S) groups is 1. The number of anilines is 1. The Morgan fingerprint density at radius 2 is 1.64 bits per heavy atom. The molecule has 1 fully saturated rings. The van der Waals surface area contributed by atoms with Crippen LogP contribution in [0.1, 0.15) is 25.0 Å². The Labute approximate surface area is 230 Å². The summed E-state index contributed by atoms with van der Waals surface area (Å²) < 4.78 is 18.5. The number of ether oxygens (including phenoxy) is 3. The summed E-state index contributed by atoms with van der Waals surface area (Å²) in [4.78, 5) is 16.4. The number of rotatable bonds is 9. The molecule has 3 aromatic carbocycles. The van der Waals surface area contributed by atoms with Crippen molar-refractivity contribution in [3.05, 3.63) is 87.1 Å². The molecule has 0 spiro atoms. The molecular weight excluding hydrogens is 587 g/mol. The van der Waals surface area contributed by atoms with Crippen LogP contribution < -0.4 is 19.1 Å². The average molecular weight is 615 g/mol. The Morgan fingerprint density at radius 3 is 2.31 bits per heavy atom. The first-order valence-corrected chi connectivity index (χ1v) is 13.1. The van der Waals surface area contributed by atoms with Gasteiger partial charge in [-0.3, -0.25) is 14.6 Å². The molecule has 0 bridgehead atoms. The van der Waals surface area contributed by atoms with Crippen molar-refractivity contribution in [2.75, 3.05) is 25.2 Å². The molecule has 1 saturated heterocycles. The van der Waals surface area contributed by atoms with Crippen LogP contribution in [0.5, 0.6) is 17.2 Å². The zero-order valence-electron chi connectivity index (χ0n) is 20.4. The Balaban J connectivity index is 1.68. The minimum absolute atomic E-state index is 0.175. The van der Waals surface area contributed by atoms with Gasteiger partial charge in [0.05, 0.1) is 16.8 Å². The van der Waals surface area contributed by atoms with E-state index in [1.165, 1.54) is 4.90 Å². The maximum Gasteiger partial charge on any atom is 0.276 e. The molecule has 0 atom stereocenters. The highest BCUT2D eigenvalue weighted by Crippen LogP contribution is 2.37. The van der Waals surface area contributed by atoms with E-state index in [-0.39, 0.29) is 5.91 Å². The third-order valence-corrected chi connectivity index (χ3v) is 6.77. The average Bonchev–Trinajstić information content (AvgIpc) is 3.08. The summed E-state index contributed by atoms with van der Waals surface area (Å²) >= 11 is 7.85. The number of likely N-dealkylation sites (N-methyl/N-ethyl adjacent to an activating group) is 1. The van der Waals surface area contributed by atoms with E-state index in [9.17, 15) is 4.79 Å². The fourth-order valence-electron chi connectivity index (χ4n) is 3.80. The monoisotopic (exact) mass is 614 g/mol. The molecule has 3 aromatic rings. The van der Waals surface area contributed by atoms with E-state index < -0.39 is 0 Å². The van der Waals surface area contributed by atoms with Crippen molar-refractivity contribution < 1.29 is 19.0 Å². The summed E-state index contributed by atoms with van der Waals surface area (Å²) in [6, 6.07) is 21.4. The number of carbonyl (C=O) groups excluding carboxylic acids is 1. The van der Waals surface area contributed by atoms with Crippen LogP contribution in [-0.2, 0) is 11.4 Å². The van der Waals surface area contributed by atoms with Crippen LogP contribution in [0.4, 0.5) is 5.69 Å². The standard InChI is InChI=1S/C28H27IN2O4S/c1-4-33-22-13-11-21(12-14-22)31-24(27(32)30(3)28(31)36)16-20-15-23(29)26(25(17-20)34-5-2)35-18-19-9-7-6-8-10-19/h6-17H,4-5,18H2,1-3H3. The summed E-state index contributed by atoms with van der Waals surface area (Å²) in [5.41, 5.74) is 3.13. The molecule has 0 saturated carbocycles. The van der Waals surface area contributed by atoms with Gasteiger partial charge in [-0.25, -0.2) is 0 Å². The third-order valence-electron chi connectivity index (χ3n) is 5.51. The number of benzene rings is 3. The second kappa shape index (κ2) is 11.7. The van der Waals surface area contributed by atoms with Crippen LogP contribution >= 0.6 is 34.8 Å². The lowest BCUT2D eigenvalue weighted by molar-refractivity contribution is -0.121. The summed E-state index contributed by atoms with van der Waals surface area (Å²) in [5, 5.41) is 0.415. The zero-order chi connectivity index (χ0) is 25.7. The first-order chi connectivity index (χ1) is 17.4. The molecule has 8 heteroatoms. The first kappa shape index (κ1) is 26.0. The lowest BCUT2D eigenvalue weighted by atomic mass is 10.1. The Morgan fingerprint density at radius 1 is 0.944 bits per heavy atom. The van der Waals surface area contributed by atoms with Crippen LogP contribution in [0, 0.1) is 3.57 Å². The van der Waals surface area contributed by atoms with E-state index in [0.29, 0.717) is 42.1 Å². The van der Waals surface area contributed by atoms with Crippen LogP contribution in [0.15, 0.2) is 72.4 Å². The smallest absolute Gasteiger partial charge is 0.276 e. The summed E-state index contributed by atoms with van der Waals surface area (Å²) in [5.74, 6) is 1.89. The molecule has 1 aliphatic heterocycles. The highest BCUT2D eigenvalue weighted by molar-refractivity contribution is 14.1. The highest BCUT2D eigenvalue weighted by Gasteiger charge is 2.36. The largest absolute Gasteiger partial charge is 0.494 e. The van der Waals surface area contributed by atoms with E-state index in [2.05, 4.69) is 22.6 Å². The minimum Gasteiger partial charge on any atom is -0.494 e. The van der Waals surface area contributed by atoms with Crippen molar-refractivity contribution >= 4 is 57.6 Å². The van der Waals surface area contributed by atoms with Gasteiger partial charge in [-0.15, -0.1) is 0 Å². The van der Waals surface area contributed by atoms with E-state index in [0.717, 1.165) is 26.1 Å². The predicted molar refractivity (Wildman–Crippen MR) is 155 cm³/mol. The quantitative estimate of drug-likeness (QED) is 0.161. The molecule has 1 aliphatic rings. The summed E-state index contributed by atoms with van der Waals surface area (Å²) in [6.07, 6.45) is 1.83. The van der Waals surface area contributed by atoms with Crippen molar-refractivity contribution in [1.82, 2.24) is 4.90 Å². The molecule has 1 amide bonds. The topological polar surface area (TPSA) is 51.2 Å². The Hall–Kier alpha value is -3.11. The lowest BCUT2D eigenvalue weighted by Crippen LogP contribution is -2.29. The predicted octanol–water partition coefficient (Wildman–Crippen LogP) is 6.27. The molecule has 186 valence electrons. The lowest BCUT2D eigenvalue weighted by Gasteiger charge is -2.19. The molecule has 0 radical (unpaired) electrons. The van der Waals surface area contributed by atoms with Gasteiger partial charge in [0.2, 0.25) is 0 Å². The number of hydrogen-bond acceptors (Lipinski definition) is 5. The molecule has 0 aliphatic carbocycles. The normalized spacial score (nSPS) is 14.5. The van der Waals surface area contributed by atoms with Gasteiger partial charge in [-0.1, -0.05) is 30.3 Å². The number of hydrogen-bond donors (Lipinski definition) is 0. The van der Waals surface area contributed by atoms with Gasteiger partial charge in [0.25, 0.3) is 5.91 Å². The van der Waals surface area contributed by atoms with E-state index in [1.54, 1.807) is 11.9 Å². The third kappa shape index (κ3) is 5.65. The summed E-state index contributed by atoms with van der Waals surface area (Å²) in [7, 11) is 1.68. The number of amides is 1. The van der Waals surface area contributed by atoms with Gasteiger partial charge in [0, 0.05) is 12.7 Å². The van der Waals surface area contributed by atoms with Gasteiger partial charge >= 0.3 is 0 Å². The minimum atomic E-state index is -0.175. The molecule has 4 rings (SSSR count). The number of halogens is 1. The summed E-state index contributed by atoms with van der Waals surface area (Å²) in [6.45, 7) is 5.37. The highest BCUT2D eigenvalue weighted by atomic mass is 127. The molecule has 0 N–H and O–H groups in total. The molecule has 1 heterocycles. The van der Waals surface area contributed by atoms with Crippen LogP contribution in [-0.4, -0.2) is 36.2 Å². The second-order valence-corrected chi connectivity index (χ2v) is 9.50. The van der Waals surface area contributed by atoms with Crippen molar-refractivity contribution in [3.8, 4) is 17.2 Å². The fourth-order valence-corrected chi connectivity index (χ4v) is 4.87. The Kier molecular flexibility index (Phi) is 8.48. The van der Waals surface area contributed by atoms with Gasteiger partial charge in [0.15, 0.2) is 16.6 Å². The van der Waals surface area contributed by atoms with Crippen molar-refractivity contribution in [3.63, 3.8) is 0 Å². The second-order valence-electron chi connectivity index (χ2n) is 7.98. The van der Waals surface area contributed by atoms with Crippen molar-refractivity contribution in [2.24, 2.45) is 0 Å². The van der Waals surface area contributed by atoms with Crippen LogP contribution in [0.3, 0.4) is 0 Å². The van der Waals surface area contributed by atoms with E-state index >= 15 is 0 Å². The molecule has 36 heavy (non-hydrogen) atoms. The van der Waals surface area contributed by atoms with Gasteiger partial charge < -0.3 is 14.2 Å². The fraction of sp³-hybridized carbons (Fsp3) is 0.214. The van der Waals surface area contributed by atoms with Gasteiger partial charge in [0.1, 0.15) is 18.1 Å². The number of nitrogens with zero attached hydrogens (tertiary/aromatic N) is 2. The number of carbonyl (C=O) groups is 1. The van der Waals surface area contributed by atoms with E-state index in [1.807, 2.05) is 86.7 Å².